The van der Waals surface area contributed by atoms with E-state index in [1.54, 1.807) is 19.1 Å². The lowest BCUT2D eigenvalue weighted by molar-refractivity contribution is -0.753. The zero-order chi connectivity index (χ0) is 14.0. The van der Waals surface area contributed by atoms with Crippen LogP contribution in [0, 0.1) is 10.1 Å². The van der Waals surface area contributed by atoms with Crippen molar-refractivity contribution in [3.05, 3.63) is 34.2 Å². The Labute approximate surface area is 106 Å². The van der Waals surface area contributed by atoms with Crippen molar-refractivity contribution in [2.24, 2.45) is 4.99 Å². The molecule has 0 saturated carbocycles. The minimum Gasteiger partial charge on any atom is -0.856 e. The normalized spacial score (nSPS) is 11.6. The van der Waals surface area contributed by atoms with Crippen LogP contribution in [0.5, 0.6) is 0 Å². The fraction of sp³-hybridized carbons (Fsp3) is 0.222. The van der Waals surface area contributed by atoms with Crippen LogP contribution in [0.4, 0.5) is 11.8 Å². The summed E-state index contributed by atoms with van der Waals surface area (Å²) in [5.41, 5.74) is 0. The van der Waals surface area contributed by atoms with Crippen LogP contribution in [0.2, 0.25) is 0 Å². The van der Waals surface area contributed by atoms with Crippen molar-refractivity contribution in [3.63, 3.8) is 0 Å². The van der Waals surface area contributed by atoms with E-state index >= 15 is 0 Å². The Morgan fingerprint density at radius 2 is 2.26 bits per heavy atom. The Hall–Kier alpha value is -2.91. The number of hydrogen-bond acceptors (Lipinski definition) is 8. The highest BCUT2D eigenvalue weighted by Gasteiger charge is 2.15. The maximum absolute atomic E-state index is 11.6. The zero-order valence-electron chi connectivity index (χ0n) is 10.0. The molecule has 2 aromatic heterocycles. The van der Waals surface area contributed by atoms with Gasteiger partial charge in [0.15, 0.2) is 0 Å². The highest BCUT2D eigenvalue weighted by atomic mass is 16.6. The first-order chi connectivity index (χ1) is 8.97. The van der Waals surface area contributed by atoms with Crippen molar-refractivity contribution in [1.29, 1.82) is 0 Å². The second-order valence-electron chi connectivity index (χ2n) is 3.62. The van der Waals surface area contributed by atoms with Crippen LogP contribution >= 0.6 is 0 Å². The van der Waals surface area contributed by atoms with E-state index in [9.17, 15) is 15.2 Å². The molecule has 0 aliphatic rings. The lowest BCUT2D eigenvalue weighted by atomic mass is 10.4. The molecule has 2 heterocycles. The van der Waals surface area contributed by atoms with Gasteiger partial charge in [-0.15, -0.1) is 0 Å². The zero-order valence-corrected chi connectivity index (χ0v) is 10.0. The Morgan fingerprint density at radius 1 is 1.53 bits per heavy atom. The van der Waals surface area contributed by atoms with E-state index in [-0.39, 0.29) is 11.6 Å². The van der Waals surface area contributed by atoms with Crippen LogP contribution < -0.4 is 14.9 Å². The molecule has 0 aliphatic heterocycles. The molecule has 19 heavy (non-hydrogen) atoms. The number of rotatable bonds is 4. The number of aromatic nitrogens is 2. The summed E-state index contributed by atoms with van der Waals surface area (Å²) >= 11 is 0. The molecular weight excluding hydrogens is 258 g/mol. The number of nitrogens with zero attached hydrogens (tertiary/aromatic N) is 5. The first-order valence-electron chi connectivity index (χ1n) is 5.04. The molecule has 0 fully saturated rings. The molecule has 10 heteroatoms. The van der Waals surface area contributed by atoms with Crippen LogP contribution in [-0.4, -0.2) is 30.2 Å². The number of aliphatic imine (C=N–C) groups is 1. The third-order valence-electron chi connectivity index (χ3n) is 2.05. The Bertz CT molecular complexity index is 628. The third kappa shape index (κ3) is 2.68. The van der Waals surface area contributed by atoms with Crippen molar-refractivity contribution >= 4 is 17.7 Å². The molecule has 2 aromatic rings. The summed E-state index contributed by atoms with van der Waals surface area (Å²) in [6, 6.07) is 2.24. The number of hydrogen-bond donors (Lipinski definition) is 0. The van der Waals surface area contributed by atoms with Gasteiger partial charge in [-0.05, 0) is 6.07 Å². The van der Waals surface area contributed by atoms with Crippen LogP contribution in [0.15, 0.2) is 32.3 Å². The maximum atomic E-state index is 11.6. The predicted octanol–water partition coefficient (Wildman–Crippen LogP) is -0.900. The van der Waals surface area contributed by atoms with E-state index < -0.39 is 16.7 Å². The summed E-state index contributed by atoms with van der Waals surface area (Å²) in [7, 11) is 3.42. The molecule has 0 aliphatic carbocycles. The molecule has 0 spiro atoms. The molecule has 0 amide bonds. The highest BCUT2D eigenvalue weighted by Crippen LogP contribution is 2.16. The third-order valence-corrected chi connectivity index (χ3v) is 2.05. The second kappa shape index (κ2) is 4.76. The largest absolute Gasteiger partial charge is 0.856 e. The van der Waals surface area contributed by atoms with Gasteiger partial charge in [-0.2, -0.15) is 5.01 Å². The van der Waals surface area contributed by atoms with Crippen molar-refractivity contribution in [3.8, 4) is 0 Å². The summed E-state index contributed by atoms with van der Waals surface area (Å²) in [5, 5.41) is 27.2. The summed E-state index contributed by atoms with van der Waals surface area (Å²) < 4.78 is 9.49. The average Bonchev–Trinajstić information content (AvgIpc) is 2.96. The van der Waals surface area contributed by atoms with E-state index in [4.69, 9.17) is 8.94 Å². The fourth-order valence-electron chi connectivity index (χ4n) is 1.16. The van der Waals surface area contributed by atoms with E-state index in [1.165, 1.54) is 17.1 Å². The van der Waals surface area contributed by atoms with Gasteiger partial charge in [-0.1, -0.05) is 0 Å². The average molecular weight is 267 g/mol. The second-order valence-corrected chi connectivity index (χ2v) is 3.62. The molecule has 0 N–H and O–H groups in total. The predicted molar refractivity (Wildman–Crippen MR) is 58.3 cm³/mol. The molecule has 0 radical (unpaired) electrons. The standard InChI is InChI=1S/C9H9N5O5/c1-12(2)13-5-7(19-11-13)10-9(15)6-3-4-8(18-6)14(16)17/h3-5H,1-2H3. The van der Waals surface area contributed by atoms with Crippen LogP contribution in [0.25, 0.3) is 0 Å². The van der Waals surface area contributed by atoms with E-state index in [0.29, 0.717) is 0 Å². The van der Waals surface area contributed by atoms with Gasteiger partial charge in [0.25, 0.3) is 6.20 Å². The summed E-state index contributed by atoms with van der Waals surface area (Å²) in [6.07, 6.45) is 1.37. The lowest BCUT2D eigenvalue weighted by Gasteiger charge is -2.02. The van der Waals surface area contributed by atoms with Crippen LogP contribution in [0.3, 0.4) is 0 Å². The van der Waals surface area contributed by atoms with E-state index in [1.807, 2.05) is 0 Å². The molecular formula is C9H9N5O5. The Balaban J connectivity index is 2.23. The topological polar surface area (TPSA) is 125 Å². The van der Waals surface area contributed by atoms with E-state index in [0.717, 1.165) is 6.07 Å². The fourth-order valence-corrected chi connectivity index (χ4v) is 1.16. The van der Waals surface area contributed by atoms with Crippen molar-refractivity contribution in [2.45, 2.75) is 0 Å². The maximum Gasteiger partial charge on any atom is 0.433 e. The first kappa shape index (κ1) is 12.5. The number of furan rings is 1. The van der Waals surface area contributed by atoms with Gasteiger partial charge in [0, 0.05) is 5.90 Å². The van der Waals surface area contributed by atoms with Crippen LogP contribution in [0.1, 0.15) is 5.76 Å². The molecule has 0 unspecified atom stereocenters. The Kier molecular flexibility index (Phi) is 3.14. The van der Waals surface area contributed by atoms with Crippen molar-refractivity contribution in [1.82, 2.24) is 5.27 Å². The van der Waals surface area contributed by atoms with Gasteiger partial charge in [0.2, 0.25) is 5.27 Å². The van der Waals surface area contributed by atoms with Gasteiger partial charge in [-0.25, -0.2) is 4.99 Å². The summed E-state index contributed by atoms with van der Waals surface area (Å²) in [5.74, 6) is -1.62. The minimum absolute atomic E-state index is 0.0437. The SMILES string of the molecule is CN(C)[n+]1cc(/N=C(\[O-])c2ccc([N+](=O)[O-])o2)on1. The smallest absolute Gasteiger partial charge is 0.433 e. The van der Waals surface area contributed by atoms with Gasteiger partial charge in [-0.3, -0.25) is 14.6 Å². The summed E-state index contributed by atoms with van der Waals surface area (Å²) in [6.45, 7) is 0. The molecule has 100 valence electrons. The molecule has 0 saturated heterocycles. The Morgan fingerprint density at radius 3 is 2.79 bits per heavy atom. The minimum atomic E-state index is -0.796. The van der Waals surface area contributed by atoms with E-state index in [2.05, 4.69) is 10.3 Å². The molecule has 0 bridgehead atoms. The van der Waals surface area contributed by atoms with Gasteiger partial charge < -0.3 is 9.52 Å². The monoisotopic (exact) mass is 267 g/mol. The summed E-state index contributed by atoms with van der Waals surface area (Å²) in [4.78, 5) is 14.6. The van der Waals surface area contributed by atoms with Crippen molar-refractivity contribution in [2.75, 3.05) is 19.1 Å². The molecule has 0 atom stereocenters. The van der Waals surface area contributed by atoms with Gasteiger partial charge in [0.1, 0.15) is 10.7 Å². The number of nitro groups is 1. The lowest BCUT2D eigenvalue weighted by Crippen LogP contribution is -2.53. The van der Waals surface area contributed by atoms with Gasteiger partial charge >= 0.3 is 11.8 Å². The van der Waals surface area contributed by atoms with Crippen LogP contribution in [-0.2, 0) is 0 Å². The van der Waals surface area contributed by atoms with Crippen molar-refractivity contribution < 1.29 is 23.8 Å². The molecule has 10 nitrogen and oxygen atoms in total. The molecule has 0 aromatic carbocycles. The van der Waals surface area contributed by atoms with Gasteiger partial charge in [0.05, 0.1) is 25.0 Å². The quantitative estimate of drug-likeness (QED) is 0.231. The molecule has 2 rings (SSSR count). The first-order valence-corrected chi connectivity index (χ1v) is 5.04. The highest BCUT2D eigenvalue weighted by molar-refractivity contribution is 5.89.